The van der Waals surface area contributed by atoms with Gasteiger partial charge in [0.1, 0.15) is 12.4 Å². The lowest BCUT2D eigenvalue weighted by Crippen LogP contribution is -2.07. The standard InChI is InChI=1S/C11H14N4O3/c1-3-12-9-13-10(16-2)15-11(14-9)18-7-8-5-4-6-17-8/h4-6H,3,7H2,1-2H3,(H,12,13,14,15). The van der Waals surface area contributed by atoms with Gasteiger partial charge in [-0.3, -0.25) is 0 Å². The molecule has 0 aromatic carbocycles. The SMILES string of the molecule is CCNc1nc(OC)nc(OCc2ccco2)n1. The van der Waals surface area contributed by atoms with Crippen LogP contribution in [-0.2, 0) is 6.61 Å². The minimum absolute atomic E-state index is 0.189. The van der Waals surface area contributed by atoms with Crippen LogP contribution in [0.2, 0.25) is 0 Å². The molecule has 0 atom stereocenters. The maximum atomic E-state index is 5.40. The van der Waals surface area contributed by atoms with Crippen LogP contribution in [-0.4, -0.2) is 28.6 Å². The molecule has 2 aromatic heterocycles. The summed E-state index contributed by atoms with van der Waals surface area (Å²) in [5, 5.41) is 2.97. The zero-order valence-electron chi connectivity index (χ0n) is 10.2. The van der Waals surface area contributed by atoms with Crippen LogP contribution in [0.25, 0.3) is 0 Å². The topological polar surface area (TPSA) is 82.3 Å². The quantitative estimate of drug-likeness (QED) is 0.831. The molecule has 0 spiro atoms. The van der Waals surface area contributed by atoms with Gasteiger partial charge >= 0.3 is 12.0 Å². The Bertz CT molecular complexity index is 487. The van der Waals surface area contributed by atoms with Gasteiger partial charge in [-0.1, -0.05) is 0 Å². The molecule has 0 aliphatic carbocycles. The lowest BCUT2D eigenvalue weighted by atomic mass is 10.5. The van der Waals surface area contributed by atoms with Crippen molar-refractivity contribution in [3.8, 4) is 12.0 Å². The minimum atomic E-state index is 0.189. The Kier molecular flexibility index (Phi) is 3.95. The summed E-state index contributed by atoms with van der Waals surface area (Å²) in [5.74, 6) is 1.11. The van der Waals surface area contributed by atoms with Gasteiger partial charge in [0, 0.05) is 6.54 Å². The number of nitrogens with one attached hydrogen (secondary N) is 1. The third-order valence-electron chi connectivity index (χ3n) is 2.04. The molecule has 2 rings (SSSR count). The van der Waals surface area contributed by atoms with Crippen molar-refractivity contribution < 1.29 is 13.9 Å². The number of aromatic nitrogens is 3. The van der Waals surface area contributed by atoms with E-state index in [1.807, 2.05) is 13.0 Å². The summed E-state index contributed by atoms with van der Waals surface area (Å²) in [6, 6.07) is 3.99. The molecular formula is C11H14N4O3. The molecular weight excluding hydrogens is 236 g/mol. The normalized spacial score (nSPS) is 10.1. The van der Waals surface area contributed by atoms with Gasteiger partial charge < -0.3 is 19.2 Å². The van der Waals surface area contributed by atoms with Crippen molar-refractivity contribution in [3.63, 3.8) is 0 Å². The zero-order valence-corrected chi connectivity index (χ0v) is 10.2. The van der Waals surface area contributed by atoms with E-state index in [2.05, 4.69) is 20.3 Å². The Morgan fingerprint density at radius 3 is 2.78 bits per heavy atom. The predicted octanol–water partition coefficient (Wildman–Crippen LogP) is 1.48. The van der Waals surface area contributed by atoms with E-state index in [9.17, 15) is 0 Å². The number of methoxy groups -OCH3 is 1. The summed E-state index contributed by atoms with van der Waals surface area (Å²) in [4.78, 5) is 12.1. The highest BCUT2D eigenvalue weighted by molar-refractivity contribution is 5.27. The second-order valence-corrected chi connectivity index (χ2v) is 3.33. The van der Waals surface area contributed by atoms with Gasteiger partial charge in [-0.2, -0.15) is 9.97 Å². The Balaban J connectivity index is 2.08. The zero-order chi connectivity index (χ0) is 12.8. The molecule has 2 aromatic rings. The summed E-state index contributed by atoms with van der Waals surface area (Å²) in [5.41, 5.74) is 0. The molecule has 0 bridgehead atoms. The van der Waals surface area contributed by atoms with E-state index in [0.717, 1.165) is 0 Å². The van der Waals surface area contributed by atoms with Crippen LogP contribution in [0, 0.1) is 0 Å². The molecule has 0 amide bonds. The van der Waals surface area contributed by atoms with Crippen molar-refractivity contribution in [1.82, 2.24) is 15.0 Å². The van der Waals surface area contributed by atoms with E-state index in [1.54, 1.807) is 12.3 Å². The van der Waals surface area contributed by atoms with Gasteiger partial charge in [0.25, 0.3) is 0 Å². The van der Waals surface area contributed by atoms with Crippen LogP contribution in [0.15, 0.2) is 22.8 Å². The lowest BCUT2D eigenvalue weighted by molar-refractivity contribution is 0.244. The maximum absolute atomic E-state index is 5.40. The van der Waals surface area contributed by atoms with Gasteiger partial charge in [0.15, 0.2) is 0 Å². The number of hydrogen-bond donors (Lipinski definition) is 1. The first-order chi connectivity index (χ1) is 8.81. The van der Waals surface area contributed by atoms with Crippen LogP contribution >= 0.6 is 0 Å². The van der Waals surface area contributed by atoms with Crippen LogP contribution in [0.5, 0.6) is 12.0 Å². The van der Waals surface area contributed by atoms with Crippen LogP contribution < -0.4 is 14.8 Å². The summed E-state index contributed by atoms with van der Waals surface area (Å²) in [6.07, 6.45) is 1.58. The molecule has 0 saturated carbocycles. The number of anilines is 1. The summed E-state index contributed by atoms with van der Waals surface area (Å²) >= 11 is 0. The number of furan rings is 1. The number of hydrogen-bond acceptors (Lipinski definition) is 7. The van der Waals surface area contributed by atoms with E-state index in [4.69, 9.17) is 13.9 Å². The third kappa shape index (κ3) is 3.09. The predicted molar refractivity (Wildman–Crippen MR) is 63.6 cm³/mol. The van der Waals surface area contributed by atoms with E-state index in [1.165, 1.54) is 7.11 Å². The Morgan fingerprint density at radius 2 is 2.11 bits per heavy atom. The first-order valence-electron chi connectivity index (χ1n) is 5.51. The fourth-order valence-electron chi connectivity index (χ4n) is 1.26. The van der Waals surface area contributed by atoms with Crippen LogP contribution in [0.4, 0.5) is 5.95 Å². The number of ether oxygens (including phenoxy) is 2. The second-order valence-electron chi connectivity index (χ2n) is 3.33. The first kappa shape index (κ1) is 12.2. The van der Waals surface area contributed by atoms with Gasteiger partial charge in [0.2, 0.25) is 5.95 Å². The molecule has 0 fully saturated rings. The monoisotopic (exact) mass is 250 g/mol. The lowest BCUT2D eigenvalue weighted by Gasteiger charge is -2.06. The Hall–Kier alpha value is -2.31. The molecule has 0 unspecified atom stereocenters. The van der Waals surface area contributed by atoms with Crippen LogP contribution in [0.1, 0.15) is 12.7 Å². The Labute approximate surface area is 104 Å². The average molecular weight is 250 g/mol. The van der Waals surface area contributed by atoms with Crippen molar-refractivity contribution in [2.75, 3.05) is 19.0 Å². The number of rotatable bonds is 6. The molecule has 0 saturated heterocycles. The summed E-state index contributed by atoms with van der Waals surface area (Å²) in [6.45, 7) is 2.90. The maximum Gasteiger partial charge on any atom is 0.324 e. The molecule has 2 heterocycles. The highest BCUT2D eigenvalue weighted by atomic mass is 16.5. The van der Waals surface area contributed by atoms with Gasteiger partial charge in [0.05, 0.1) is 13.4 Å². The van der Waals surface area contributed by atoms with E-state index in [-0.39, 0.29) is 18.6 Å². The molecule has 1 N–H and O–H groups in total. The van der Waals surface area contributed by atoms with Gasteiger partial charge in [-0.25, -0.2) is 0 Å². The summed E-state index contributed by atoms with van der Waals surface area (Å²) < 4.78 is 15.5. The van der Waals surface area contributed by atoms with Gasteiger partial charge in [-0.15, -0.1) is 4.98 Å². The first-order valence-corrected chi connectivity index (χ1v) is 5.51. The molecule has 18 heavy (non-hydrogen) atoms. The van der Waals surface area contributed by atoms with Crippen molar-refractivity contribution in [3.05, 3.63) is 24.2 Å². The molecule has 0 radical (unpaired) electrons. The second kappa shape index (κ2) is 5.85. The van der Waals surface area contributed by atoms with Crippen molar-refractivity contribution in [2.24, 2.45) is 0 Å². The highest BCUT2D eigenvalue weighted by Crippen LogP contribution is 2.14. The molecule has 7 heteroatoms. The molecule has 96 valence electrons. The van der Waals surface area contributed by atoms with Crippen LogP contribution in [0.3, 0.4) is 0 Å². The number of nitrogens with zero attached hydrogens (tertiary/aromatic N) is 3. The average Bonchev–Trinajstić information content (AvgIpc) is 2.89. The van der Waals surface area contributed by atoms with Crippen molar-refractivity contribution in [2.45, 2.75) is 13.5 Å². The van der Waals surface area contributed by atoms with Crippen molar-refractivity contribution >= 4 is 5.95 Å². The van der Waals surface area contributed by atoms with E-state index >= 15 is 0 Å². The summed E-state index contributed by atoms with van der Waals surface area (Å²) in [7, 11) is 1.49. The fraction of sp³-hybridized carbons (Fsp3) is 0.364. The largest absolute Gasteiger partial charge is 0.467 e. The molecule has 0 aliphatic rings. The van der Waals surface area contributed by atoms with Crippen molar-refractivity contribution in [1.29, 1.82) is 0 Å². The fourth-order valence-corrected chi connectivity index (χ4v) is 1.26. The minimum Gasteiger partial charge on any atom is -0.467 e. The molecule has 7 nitrogen and oxygen atoms in total. The van der Waals surface area contributed by atoms with Gasteiger partial charge in [-0.05, 0) is 19.1 Å². The third-order valence-corrected chi connectivity index (χ3v) is 2.04. The highest BCUT2D eigenvalue weighted by Gasteiger charge is 2.08. The molecule has 0 aliphatic heterocycles. The van der Waals surface area contributed by atoms with E-state index < -0.39 is 0 Å². The smallest absolute Gasteiger partial charge is 0.324 e. The van der Waals surface area contributed by atoms with E-state index in [0.29, 0.717) is 18.3 Å². The Morgan fingerprint density at radius 1 is 1.28 bits per heavy atom.